The van der Waals surface area contributed by atoms with Crippen molar-refractivity contribution in [3.63, 3.8) is 0 Å². The van der Waals surface area contributed by atoms with E-state index in [-0.39, 0.29) is 72.2 Å². The quantitative estimate of drug-likeness (QED) is 0.0460. The van der Waals surface area contributed by atoms with Gasteiger partial charge in [0.1, 0.15) is 33.1 Å². The number of nitrogens with zero attached hydrogens (tertiary/aromatic N) is 1. The van der Waals surface area contributed by atoms with Crippen molar-refractivity contribution in [2.45, 2.75) is 36.1 Å². The van der Waals surface area contributed by atoms with Crippen LogP contribution < -0.4 is 73.8 Å². The molecule has 0 aromatic heterocycles. The van der Waals surface area contributed by atoms with E-state index in [0.717, 1.165) is 0 Å². The fourth-order valence-corrected chi connectivity index (χ4v) is 4.11. The van der Waals surface area contributed by atoms with Gasteiger partial charge in [-0.3, -0.25) is 9.94 Å². The first-order valence-corrected chi connectivity index (χ1v) is 12.4. The van der Waals surface area contributed by atoms with Crippen LogP contribution in [0.2, 0.25) is 0 Å². The Morgan fingerprint density at radius 2 is 1.10 bits per heavy atom. The van der Waals surface area contributed by atoms with E-state index in [2.05, 4.69) is 9.37 Å². The zero-order chi connectivity index (χ0) is 29.9. The molecule has 0 amide bonds. The second-order valence-corrected chi connectivity index (χ2v) is 10.4. The first kappa shape index (κ1) is 40.6. The van der Waals surface area contributed by atoms with Crippen molar-refractivity contribution < 1.29 is 131 Å². The Balaban J connectivity index is 0.00000800. The third kappa shape index (κ3) is 9.79. The predicted molar refractivity (Wildman–Crippen MR) is 111 cm³/mol. The molecule has 2 aromatic rings. The van der Waals surface area contributed by atoms with Gasteiger partial charge in [-0.25, -0.2) is 26.0 Å². The third-order valence-electron chi connectivity index (χ3n) is 4.92. The molecule has 220 valence electrons. The second kappa shape index (κ2) is 16.6. The number of rotatable bonds is 12. The van der Waals surface area contributed by atoms with E-state index in [0.29, 0.717) is 0 Å². The summed E-state index contributed by atoms with van der Waals surface area (Å²) >= 11 is -0.432. The Bertz CT molecular complexity index is 1280. The molecular weight excluding hydrogens is 644 g/mol. The average molecular weight is 661 g/mol. The van der Waals surface area contributed by atoms with Crippen LogP contribution in [0, 0.1) is 46.5 Å². The average Bonchev–Trinajstić information content (AvgIpc) is 2.83. The summed E-state index contributed by atoms with van der Waals surface area (Å²) in [4.78, 5) is -2.32. The molecule has 21 heteroatoms. The number of ether oxygens (including phenoxy) is 2. The molecule has 0 aliphatic carbocycles. The predicted octanol–water partition coefficient (Wildman–Crippen LogP) is -2.50. The van der Waals surface area contributed by atoms with Gasteiger partial charge in [-0.05, 0) is 20.8 Å². The van der Waals surface area contributed by atoms with Gasteiger partial charge in [-0.2, -0.15) is 21.9 Å². The van der Waals surface area contributed by atoms with E-state index in [1.807, 2.05) is 0 Å². The molecule has 0 saturated heterocycles. The summed E-state index contributed by atoms with van der Waals surface area (Å²) in [6, 6.07) is 0. The largest absolute Gasteiger partial charge is 1.00 e. The summed E-state index contributed by atoms with van der Waals surface area (Å²) in [6.07, 6.45) is 0. The number of halogens is 8. The molecular formula is C20H17F8NNa2O8S2. The molecule has 0 bridgehead atoms. The van der Waals surface area contributed by atoms with E-state index in [1.165, 1.54) is 4.90 Å². The molecule has 41 heavy (non-hydrogen) atoms. The van der Waals surface area contributed by atoms with Gasteiger partial charge >= 0.3 is 59.1 Å². The fraction of sp³-hybridized carbons (Fsp3) is 0.400. The Labute approximate surface area is 276 Å². The van der Waals surface area contributed by atoms with Crippen LogP contribution in [0.25, 0.3) is 0 Å². The molecule has 2 aromatic carbocycles. The van der Waals surface area contributed by atoms with Gasteiger partial charge in [0, 0.05) is 18.6 Å². The number of hydrogen-bond donors (Lipinski definition) is 0. The summed E-state index contributed by atoms with van der Waals surface area (Å²) < 4.78 is 158. The summed E-state index contributed by atoms with van der Waals surface area (Å²) in [6.45, 7) is 2.88. The second-order valence-electron chi connectivity index (χ2n) is 8.36. The van der Waals surface area contributed by atoms with Gasteiger partial charge in [0.2, 0.25) is 23.3 Å². The molecule has 0 saturated carbocycles. The van der Waals surface area contributed by atoms with Crippen LogP contribution in [0.1, 0.15) is 20.8 Å². The Kier molecular flexibility index (Phi) is 16.4. The maximum atomic E-state index is 14.2. The molecule has 9 nitrogen and oxygen atoms in total. The van der Waals surface area contributed by atoms with Crippen molar-refractivity contribution in [3.8, 4) is 11.5 Å². The van der Waals surface area contributed by atoms with Gasteiger partial charge in [0.25, 0.3) is 0 Å². The fourth-order valence-electron chi connectivity index (χ4n) is 3.08. The monoisotopic (exact) mass is 661 g/mol. The molecule has 0 radical (unpaired) electrons. The standard InChI is InChI=1S/C20H19F8NO8S2.2Na/c1-20(2,3)29(4-6-34-16-8(21)12(25)18(38-37-36-30)13(26)9(16)22)5-7-35-17-10(23)14(27)19(39(31,32)33)15(28)11(17)24;;/h30H,4-7H2,1-3H3,(H,31,32,33);;/q;2*+1/p-2. The maximum absolute atomic E-state index is 14.2. The zero-order valence-electron chi connectivity index (χ0n) is 21.9. The first-order chi connectivity index (χ1) is 17.9. The van der Waals surface area contributed by atoms with Crippen molar-refractivity contribution in [2.24, 2.45) is 0 Å². The van der Waals surface area contributed by atoms with Crippen LogP contribution in [-0.2, 0) is 19.5 Å². The summed E-state index contributed by atoms with van der Waals surface area (Å²) in [5.74, 6) is -20.5. The van der Waals surface area contributed by atoms with Crippen molar-refractivity contribution in [3.05, 3.63) is 46.5 Å². The van der Waals surface area contributed by atoms with Crippen LogP contribution >= 0.6 is 12.0 Å². The summed E-state index contributed by atoms with van der Waals surface area (Å²) in [5.41, 5.74) is -0.829. The van der Waals surface area contributed by atoms with Crippen LogP contribution in [-0.4, -0.2) is 49.7 Å². The Morgan fingerprint density at radius 1 is 0.732 bits per heavy atom. The molecule has 2 rings (SSSR count). The van der Waals surface area contributed by atoms with Crippen molar-refractivity contribution in [2.75, 3.05) is 26.3 Å². The molecule has 0 fully saturated rings. The smallest absolute Gasteiger partial charge is 0.744 e. The van der Waals surface area contributed by atoms with Gasteiger partial charge in [-0.1, -0.05) is 0 Å². The topological polar surface area (TPSA) is 120 Å². The van der Waals surface area contributed by atoms with Gasteiger partial charge < -0.3 is 19.3 Å². The summed E-state index contributed by atoms with van der Waals surface area (Å²) in [7, 11) is -5.91. The van der Waals surface area contributed by atoms with Crippen LogP contribution in [0.3, 0.4) is 0 Å². The number of hydrogen-bond acceptors (Lipinski definition) is 10. The molecule has 0 spiro atoms. The SMILES string of the molecule is CC(C)(C)N(CCOc1c(F)c(F)c(SOO[O-])c(F)c1F)CCOc1c(F)c(F)c(S(=O)(=O)[O-])c(F)c1F.[Na+].[Na+]. The van der Waals surface area contributed by atoms with Gasteiger partial charge in [-0.15, -0.1) is 0 Å². The van der Waals surface area contributed by atoms with E-state index >= 15 is 0 Å². The first-order valence-electron chi connectivity index (χ1n) is 10.3. The molecule has 0 N–H and O–H groups in total. The zero-order valence-corrected chi connectivity index (χ0v) is 27.5. The Morgan fingerprint density at radius 3 is 1.41 bits per heavy atom. The van der Waals surface area contributed by atoms with Gasteiger partial charge in [0.05, 0.1) is 12.0 Å². The Hall–Kier alpha value is -0.420. The van der Waals surface area contributed by atoms with E-state index < -0.39 is 109 Å². The van der Waals surface area contributed by atoms with E-state index in [1.54, 1.807) is 20.8 Å². The molecule has 0 aliphatic rings. The van der Waals surface area contributed by atoms with Crippen molar-refractivity contribution in [1.82, 2.24) is 4.90 Å². The molecule has 0 unspecified atom stereocenters. The third-order valence-corrected chi connectivity index (χ3v) is 6.43. The maximum Gasteiger partial charge on any atom is 1.00 e. The van der Waals surface area contributed by atoms with Gasteiger partial charge in [0.15, 0.2) is 34.8 Å². The minimum atomic E-state index is -5.91. The van der Waals surface area contributed by atoms with E-state index in [4.69, 9.17) is 9.47 Å². The van der Waals surface area contributed by atoms with Crippen molar-refractivity contribution >= 4 is 22.2 Å². The van der Waals surface area contributed by atoms with Crippen LogP contribution in [0.4, 0.5) is 35.1 Å². The molecule has 0 heterocycles. The van der Waals surface area contributed by atoms with Crippen LogP contribution in [0.15, 0.2) is 9.79 Å². The summed E-state index contributed by atoms with van der Waals surface area (Å²) in [5, 5.41) is 12.7. The minimum Gasteiger partial charge on any atom is -0.744 e. The normalized spacial score (nSPS) is 11.8. The van der Waals surface area contributed by atoms with Crippen LogP contribution in [0.5, 0.6) is 11.5 Å². The molecule has 0 aliphatic heterocycles. The number of benzene rings is 2. The molecule has 0 atom stereocenters. The van der Waals surface area contributed by atoms with E-state index in [9.17, 15) is 53.4 Å². The minimum absolute atomic E-state index is 0. The van der Waals surface area contributed by atoms with Crippen molar-refractivity contribution in [1.29, 1.82) is 0 Å².